The van der Waals surface area contributed by atoms with Gasteiger partial charge in [0, 0.05) is 13.0 Å². The summed E-state index contributed by atoms with van der Waals surface area (Å²) in [5.41, 5.74) is 6.74. The molecule has 2 aromatic carbocycles. The second kappa shape index (κ2) is 7.98. The molecule has 4 nitrogen and oxygen atoms in total. The fraction of sp³-hybridized carbons (Fsp3) is 0.476. The SMILES string of the molecule is NCC1(CC(=O)NCC(O)c2ccc3ccccc3c2)CCCCC1. The van der Waals surface area contributed by atoms with Crippen molar-refractivity contribution in [3.05, 3.63) is 48.0 Å². The lowest BCUT2D eigenvalue weighted by Crippen LogP contribution is -2.39. The van der Waals surface area contributed by atoms with Gasteiger partial charge in [0.1, 0.15) is 0 Å². The Balaban J connectivity index is 1.57. The molecule has 1 fully saturated rings. The van der Waals surface area contributed by atoms with E-state index in [1.54, 1.807) is 0 Å². The van der Waals surface area contributed by atoms with Gasteiger partial charge < -0.3 is 16.2 Å². The van der Waals surface area contributed by atoms with Gasteiger partial charge in [-0.05, 0) is 47.2 Å². The number of aliphatic hydroxyl groups excluding tert-OH is 1. The summed E-state index contributed by atoms with van der Waals surface area (Å²) in [5, 5.41) is 15.5. The molecule has 2 aromatic rings. The minimum Gasteiger partial charge on any atom is -0.387 e. The van der Waals surface area contributed by atoms with Gasteiger partial charge in [0.15, 0.2) is 0 Å². The van der Waals surface area contributed by atoms with E-state index in [2.05, 4.69) is 5.32 Å². The van der Waals surface area contributed by atoms with Crippen LogP contribution < -0.4 is 11.1 Å². The van der Waals surface area contributed by atoms with Gasteiger partial charge >= 0.3 is 0 Å². The Morgan fingerprint density at radius 3 is 2.56 bits per heavy atom. The fourth-order valence-electron chi connectivity index (χ4n) is 3.90. The lowest BCUT2D eigenvalue weighted by atomic mass is 9.71. The molecule has 0 saturated heterocycles. The van der Waals surface area contributed by atoms with Crippen LogP contribution in [0.25, 0.3) is 10.8 Å². The molecule has 3 rings (SSSR count). The highest BCUT2D eigenvalue weighted by atomic mass is 16.3. The lowest BCUT2D eigenvalue weighted by molar-refractivity contribution is -0.124. The topological polar surface area (TPSA) is 75.4 Å². The lowest BCUT2D eigenvalue weighted by Gasteiger charge is -2.35. The molecule has 4 heteroatoms. The van der Waals surface area contributed by atoms with Gasteiger partial charge in [0.2, 0.25) is 5.91 Å². The summed E-state index contributed by atoms with van der Waals surface area (Å²) >= 11 is 0. The highest BCUT2D eigenvalue weighted by molar-refractivity contribution is 5.83. The number of fused-ring (bicyclic) bond motifs is 1. The molecule has 1 aliphatic rings. The highest BCUT2D eigenvalue weighted by Crippen LogP contribution is 2.38. The van der Waals surface area contributed by atoms with Crippen LogP contribution in [0.15, 0.2) is 42.5 Å². The number of nitrogens with two attached hydrogens (primary N) is 1. The predicted molar refractivity (Wildman–Crippen MR) is 101 cm³/mol. The molecule has 1 amide bonds. The Morgan fingerprint density at radius 1 is 1.12 bits per heavy atom. The molecule has 0 bridgehead atoms. The maximum atomic E-state index is 12.3. The van der Waals surface area contributed by atoms with Gasteiger partial charge in [0.25, 0.3) is 0 Å². The normalized spacial score (nSPS) is 18.0. The molecule has 1 atom stereocenters. The Labute approximate surface area is 149 Å². The van der Waals surface area contributed by atoms with Crippen LogP contribution in [0.1, 0.15) is 50.2 Å². The van der Waals surface area contributed by atoms with Crippen molar-refractivity contribution in [2.24, 2.45) is 11.1 Å². The standard InChI is InChI=1S/C21H28N2O2/c22-15-21(10-4-1-5-11-21)13-20(25)23-14-19(24)18-9-8-16-6-2-3-7-17(16)12-18/h2-3,6-9,12,19,24H,1,4-5,10-11,13-15,22H2,(H,23,25). The summed E-state index contributed by atoms with van der Waals surface area (Å²) < 4.78 is 0. The number of hydrogen-bond acceptors (Lipinski definition) is 3. The third-order valence-electron chi connectivity index (χ3n) is 5.53. The molecular weight excluding hydrogens is 312 g/mol. The van der Waals surface area contributed by atoms with Crippen molar-refractivity contribution in [3.63, 3.8) is 0 Å². The van der Waals surface area contributed by atoms with Crippen LogP contribution in [0.4, 0.5) is 0 Å². The van der Waals surface area contributed by atoms with Crippen LogP contribution in [0, 0.1) is 5.41 Å². The molecule has 0 radical (unpaired) electrons. The number of amides is 1. The zero-order valence-electron chi connectivity index (χ0n) is 14.7. The maximum Gasteiger partial charge on any atom is 0.220 e. The number of carbonyl (C=O) groups is 1. The molecule has 1 aliphatic carbocycles. The third-order valence-corrected chi connectivity index (χ3v) is 5.53. The van der Waals surface area contributed by atoms with Crippen molar-refractivity contribution in [1.29, 1.82) is 0 Å². The van der Waals surface area contributed by atoms with Crippen LogP contribution in [-0.2, 0) is 4.79 Å². The predicted octanol–water partition coefficient (Wildman–Crippen LogP) is 3.29. The fourth-order valence-corrected chi connectivity index (χ4v) is 3.90. The van der Waals surface area contributed by atoms with E-state index in [1.807, 2.05) is 42.5 Å². The number of hydrogen-bond donors (Lipinski definition) is 3. The Kier molecular flexibility index (Phi) is 5.71. The van der Waals surface area contributed by atoms with Crippen molar-refractivity contribution in [1.82, 2.24) is 5.32 Å². The van der Waals surface area contributed by atoms with E-state index >= 15 is 0 Å². The molecule has 25 heavy (non-hydrogen) atoms. The van der Waals surface area contributed by atoms with Gasteiger partial charge in [-0.1, -0.05) is 55.7 Å². The van der Waals surface area contributed by atoms with Crippen LogP contribution in [0.5, 0.6) is 0 Å². The Bertz CT molecular complexity index is 723. The molecule has 0 spiro atoms. The Morgan fingerprint density at radius 2 is 1.84 bits per heavy atom. The second-order valence-corrected chi connectivity index (χ2v) is 7.37. The highest BCUT2D eigenvalue weighted by Gasteiger charge is 2.32. The molecule has 4 N–H and O–H groups in total. The molecular formula is C21H28N2O2. The monoisotopic (exact) mass is 340 g/mol. The number of carbonyl (C=O) groups excluding carboxylic acids is 1. The van der Waals surface area contributed by atoms with Gasteiger partial charge in [-0.15, -0.1) is 0 Å². The summed E-state index contributed by atoms with van der Waals surface area (Å²) in [7, 11) is 0. The molecule has 1 unspecified atom stereocenters. The summed E-state index contributed by atoms with van der Waals surface area (Å²) in [6.07, 6.45) is 5.38. The van der Waals surface area contributed by atoms with Gasteiger partial charge in [-0.2, -0.15) is 0 Å². The van der Waals surface area contributed by atoms with Crippen LogP contribution >= 0.6 is 0 Å². The van der Waals surface area contributed by atoms with E-state index in [0.717, 1.165) is 42.0 Å². The van der Waals surface area contributed by atoms with Gasteiger partial charge in [0.05, 0.1) is 6.10 Å². The van der Waals surface area contributed by atoms with E-state index < -0.39 is 6.10 Å². The molecule has 0 heterocycles. The number of nitrogens with one attached hydrogen (secondary N) is 1. The number of benzene rings is 2. The van der Waals surface area contributed by atoms with Crippen molar-refractivity contribution in [3.8, 4) is 0 Å². The largest absolute Gasteiger partial charge is 0.387 e. The second-order valence-electron chi connectivity index (χ2n) is 7.37. The minimum absolute atomic E-state index is 0.00723. The van der Waals surface area contributed by atoms with E-state index in [-0.39, 0.29) is 17.9 Å². The van der Waals surface area contributed by atoms with E-state index in [1.165, 1.54) is 6.42 Å². The third kappa shape index (κ3) is 4.39. The first-order chi connectivity index (χ1) is 12.1. The smallest absolute Gasteiger partial charge is 0.220 e. The molecule has 0 aromatic heterocycles. The van der Waals surface area contributed by atoms with Crippen molar-refractivity contribution in [2.75, 3.05) is 13.1 Å². The molecule has 0 aliphatic heterocycles. The van der Waals surface area contributed by atoms with Crippen molar-refractivity contribution < 1.29 is 9.90 Å². The summed E-state index contributed by atoms with van der Waals surface area (Å²) in [4.78, 5) is 12.3. The van der Waals surface area contributed by atoms with Crippen molar-refractivity contribution in [2.45, 2.75) is 44.6 Å². The van der Waals surface area contributed by atoms with Crippen LogP contribution in [0.2, 0.25) is 0 Å². The zero-order valence-corrected chi connectivity index (χ0v) is 14.7. The molecule has 1 saturated carbocycles. The average molecular weight is 340 g/mol. The summed E-state index contributed by atoms with van der Waals surface area (Å²) in [6.45, 7) is 0.797. The summed E-state index contributed by atoms with van der Waals surface area (Å²) in [5.74, 6) is -0.00723. The van der Waals surface area contributed by atoms with Crippen LogP contribution in [0.3, 0.4) is 0 Å². The number of aliphatic hydroxyl groups is 1. The maximum absolute atomic E-state index is 12.3. The zero-order chi connectivity index (χ0) is 17.7. The molecule has 134 valence electrons. The quantitative estimate of drug-likeness (QED) is 0.755. The first-order valence-electron chi connectivity index (χ1n) is 9.25. The van der Waals surface area contributed by atoms with Gasteiger partial charge in [-0.3, -0.25) is 4.79 Å². The van der Waals surface area contributed by atoms with E-state index in [4.69, 9.17) is 5.73 Å². The van der Waals surface area contributed by atoms with Crippen LogP contribution in [-0.4, -0.2) is 24.1 Å². The van der Waals surface area contributed by atoms with E-state index in [9.17, 15) is 9.90 Å². The van der Waals surface area contributed by atoms with Crippen molar-refractivity contribution >= 4 is 16.7 Å². The minimum atomic E-state index is -0.700. The Hall–Kier alpha value is -1.91. The van der Waals surface area contributed by atoms with E-state index in [0.29, 0.717) is 13.0 Å². The summed E-state index contributed by atoms with van der Waals surface area (Å²) in [6, 6.07) is 14.0. The first-order valence-corrected chi connectivity index (χ1v) is 9.25. The average Bonchev–Trinajstić information content (AvgIpc) is 2.66. The number of rotatable bonds is 6. The first kappa shape index (κ1) is 17.9. The van der Waals surface area contributed by atoms with Gasteiger partial charge in [-0.25, -0.2) is 0 Å².